The van der Waals surface area contributed by atoms with Crippen LogP contribution in [0.4, 0.5) is 0 Å². The molecule has 0 bridgehead atoms. The summed E-state index contributed by atoms with van der Waals surface area (Å²) in [5, 5.41) is 3.51. The molecule has 0 fully saturated rings. The van der Waals surface area contributed by atoms with E-state index in [2.05, 4.69) is 102 Å². The SMILES string of the molecule is Cc1ccnc(-n2c3ccccc3c3ccc(-c4cccc(Sc5ncccc5C)c4)cc32)c1. The van der Waals surface area contributed by atoms with Crippen LogP contribution in [0.25, 0.3) is 38.8 Å². The Hall–Kier alpha value is -3.89. The van der Waals surface area contributed by atoms with Crippen LogP contribution in [-0.4, -0.2) is 14.5 Å². The smallest absolute Gasteiger partial charge is 0.137 e. The molecule has 6 rings (SSSR count). The van der Waals surface area contributed by atoms with Crippen molar-refractivity contribution in [1.29, 1.82) is 0 Å². The molecule has 0 atom stereocenters. The van der Waals surface area contributed by atoms with Crippen molar-refractivity contribution in [2.75, 3.05) is 0 Å². The van der Waals surface area contributed by atoms with E-state index in [9.17, 15) is 0 Å². The maximum Gasteiger partial charge on any atom is 0.137 e. The summed E-state index contributed by atoms with van der Waals surface area (Å²) in [6.07, 6.45) is 3.74. The Labute approximate surface area is 203 Å². The molecular weight excluding hydrogens is 434 g/mol. The number of nitrogens with zero attached hydrogens (tertiary/aromatic N) is 3. The second-order valence-corrected chi connectivity index (χ2v) is 9.59. The highest BCUT2D eigenvalue weighted by molar-refractivity contribution is 7.99. The Morgan fingerprint density at radius 1 is 0.647 bits per heavy atom. The lowest BCUT2D eigenvalue weighted by Crippen LogP contribution is -1.97. The molecule has 0 radical (unpaired) electrons. The van der Waals surface area contributed by atoms with Gasteiger partial charge in [-0.3, -0.25) is 4.57 Å². The first-order valence-corrected chi connectivity index (χ1v) is 12.2. The fourth-order valence-corrected chi connectivity index (χ4v) is 5.37. The molecule has 0 saturated carbocycles. The van der Waals surface area contributed by atoms with Crippen LogP contribution in [0.15, 0.2) is 113 Å². The molecule has 0 N–H and O–H groups in total. The van der Waals surface area contributed by atoms with E-state index in [0.29, 0.717) is 0 Å². The van der Waals surface area contributed by atoms with Gasteiger partial charge in [0, 0.05) is 28.1 Å². The third-order valence-corrected chi connectivity index (χ3v) is 7.26. The van der Waals surface area contributed by atoms with Crippen molar-refractivity contribution in [3.63, 3.8) is 0 Å². The van der Waals surface area contributed by atoms with Gasteiger partial charge in [0.1, 0.15) is 10.8 Å². The Kier molecular flexibility index (Phi) is 5.16. The van der Waals surface area contributed by atoms with Crippen molar-refractivity contribution in [2.45, 2.75) is 23.8 Å². The fourth-order valence-electron chi connectivity index (χ4n) is 4.47. The van der Waals surface area contributed by atoms with Crippen molar-refractivity contribution in [3.05, 3.63) is 115 Å². The molecule has 3 nitrogen and oxygen atoms in total. The molecular formula is C30H23N3S. The second kappa shape index (κ2) is 8.47. The van der Waals surface area contributed by atoms with Crippen LogP contribution in [-0.2, 0) is 0 Å². The summed E-state index contributed by atoms with van der Waals surface area (Å²) in [4.78, 5) is 10.4. The third kappa shape index (κ3) is 3.66. The average molecular weight is 458 g/mol. The second-order valence-electron chi connectivity index (χ2n) is 8.53. The minimum Gasteiger partial charge on any atom is -0.294 e. The Bertz CT molecular complexity index is 1670. The largest absolute Gasteiger partial charge is 0.294 e. The maximum atomic E-state index is 4.71. The van der Waals surface area contributed by atoms with Gasteiger partial charge in [-0.15, -0.1) is 0 Å². The van der Waals surface area contributed by atoms with Gasteiger partial charge in [0.25, 0.3) is 0 Å². The first kappa shape index (κ1) is 20.7. The monoisotopic (exact) mass is 457 g/mol. The Morgan fingerprint density at radius 2 is 1.50 bits per heavy atom. The normalized spacial score (nSPS) is 11.4. The average Bonchev–Trinajstić information content (AvgIpc) is 3.19. The molecule has 0 aliphatic rings. The first-order chi connectivity index (χ1) is 16.7. The van der Waals surface area contributed by atoms with Crippen LogP contribution in [0.2, 0.25) is 0 Å². The lowest BCUT2D eigenvalue weighted by molar-refractivity contribution is 1.07. The molecule has 0 aliphatic carbocycles. The van der Waals surface area contributed by atoms with Crippen molar-refractivity contribution in [2.24, 2.45) is 0 Å². The van der Waals surface area contributed by atoms with Crippen molar-refractivity contribution < 1.29 is 0 Å². The predicted octanol–water partition coefficient (Wildman–Crippen LogP) is 8.01. The number of hydrogen-bond acceptors (Lipinski definition) is 3. The number of hydrogen-bond donors (Lipinski definition) is 0. The molecule has 34 heavy (non-hydrogen) atoms. The van der Waals surface area contributed by atoms with E-state index in [1.807, 2.05) is 24.5 Å². The van der Waals surface area contributed by atoms with E-state index < -0.39 is 0 Å². The standard InChI is InChI=1S/C30H23N3S/c1-20-14-16-31-29(17-20)33-27-11-4-3-10-25(27)26-13-12-23(19-28(26)33)22-8-5-9-24(18-22)34-30-21(2)7-6-15-32-30/h3-19H,1-2H3. The fraction of sp³-hybridized carbons (Fsp3) is 0.0667. The summed E-state index contributed by atoms with van der Waals surface area (Å²) in [6.45, 7) is 4.21. The molecule has 3 heterocycles. The number of para-hydroxylation sites is 1. The number of benzene rings is 3. The molecule has 3 aromatic heterocycles. The van der Waals surface area contributed by atoms with Gasteiger partial charge in [-0.1, -0.05) is 60.3 Å². The molecule has 4 heteroatoms. The quantitative estimate of drug-likeness (QED) is 0.269. The van der Waals surface area contributed by atoms with Crippen molar-refractivity contribution >= 4 is 33.6 Å². The summed E-state index contributed by atoms with van der Waals surface area (Å²) in [5.74, 6) is 0.943. The molecule has 0 spiro atoms. The highest BCUT2D eigenvalue weighted by Crippen LogP contribution is 2.36. The van der Waals surface area contributed by atoms with E-state index in [0.717, 1.165) is 16.4 Å². The predicted molar refractivity (Wildman–Crippen MR) is 142 cm³/mol. The number of aromatic nitrogens is 3. The van der Waals surface area contributed by atoms with Gasteiger partial charge in [-0.25, -0.2) is 9.97 Å². The Balaban J connectivity index is 1.50. The van der Waals surface area contributed by atoms with Gasteiger partial charge >= 0.3 is 0 Å². The molecule has 3 aromatic carbocycles. The zero-order valence-corrected chi connectivity index (χ0v) is 19.9. The van der Waals surface area contributed by atoms with Gasteiger partial charge in [-0.05, 0) is 78.6 Å². The molecule has 0 amide bonds. The zero-order chi connectivity index (χ0) is 23.1. The van der Waals surface area contributed by atoms with Crippen LogP contribution in [0.1, 0.15) is 11.1 Å². The minimum atomic E-state index is 0.943. The van der Waals surface area contributed by atoms with Crippen LogP contribution < -0.4 is 0 Å². The van der Waals surface area contributed by atoms with Crippen LogP contribution in [0, 0.1) is 13.8 Å². The van der Waals surface area contributed by atoms with E-state index in [4.69, 9.17) is 4.98 Å². The van der Waals surface area contributed by atoms with Gasteiger partial charge < -0.3 is 0 Å². The van der Waals surface area contributed by atoms with E-state index >= 15 is 0 Å². The summed E-state index contributed by atoms with van der Waals surface area (Å²) in [5.41, 5.74) is 7.09. The maximum absolute atomic E-state index is 4.71. The number of pyridine rings is 2. The molecule has 0 saturated heterocycles. The van der Waals surface area contributed by atoms with Crippen molar-refractivity contribution in [3.8, 4) is 16.9 Å². The van der Waals surface area contributed by atoms with E-state index in [1.54, 1.807) is 11.8 Å². The molecule has 0 unspecified atom stereocenters. The topological polar surface area (TPSA) is 30.7 Å². The van der Waals surface area contributed by atoms with Gasteiger partial charge in [0.2, 0.25) is 0 Å². The van der Waals surface area contributed by atoms with Crippen molar-refractivity contribution in [1.82, 2.24) is 14.5 Å². The lowest BCUT2D eigenvalue weighted by atomic mass is 10.0. The summed E-state index contributed by atoms with van der Waals surface area (Å²) < 4.78 is 2.27. The Morgan fingerprint density at radius 3 is 2.38 bits per heavy atom. The van der Waals surface area contributed by atoms with E-state index in [1.165, 1.54) is 43.4 Å². The zero-order valence-electron chi connectivity index (χ0n) is 19.1. The minimum absolute atomic E-state index is 0.943. The number of fused-ring (bicyclic) bond motifs is 3. The lowest BCUT2D eigenvalue weighted by Gasteiger charge is -2.10. The van der Waals surface area contributed by atoms with Gasteiger partial charge in [0.15, 0.2) is 0 Å². The highest BCUT2D eigenvalue weighted by Gasteiger charge is 2.14. The van der Waals surface area contributed by atoms with Crippen LogP contribution >= 0.6 is 11.8 Å². The molecule has 164 valence electrons. The summed E-state index contributed by atoms with van der Waals surface area (Å²) in [7, 11) is 0. The van der Waals surface area contributed by atoms with Gasteiger partial charge in [0.05, 0.1) is 11.0 Å². The highest BCUT2D eigenvalue weighted by atomic mass is 32.2. The number of rotatable bonds is 4. The molecule has 6 aromatic rings. The third-order valence-electron chi connectivity index (χ3n) is 6.15. The van der Waals surface area contributed by atoms with E-state index in [-0.39, 0.29) is 0 Å². The summed E-state index contributed by atoms with van der Waals surface area (Å²) >= 11 is 1.71. The summed E-state index contributed by atoms with van der Waals surface area (Å²) in [6, 6.07) is 32.3. The van der Waals surface area contributed by atoms with Crippen LogP contribution in [0.5, 0.6) is 0 Å². The van der Waals surface area contributed by atoms with Gasteiger partial charge in [-0.2, -0.15) is 0 Å². The first-order valence-electron chi connectivity index (χ1n) is 11.3. The number of aryl methyl sites for hydroxylation is 2. The molecule has 0 aliphatic heterocycles. The van der Waals surface area contributed by atoms with Crippen LogP contribution in [0.3, 0.4) is 0 Å².